The van der Waals surface area contributed by atoms with E-state index < -0.39 is 0 Å². The lowest BCUT2D eigenvalue weighted by Crippen LogP contribution is -2.53. The van der Waals surface area contributed by atoms with Crippen LogP contribution in [0.2, 0.25) is 0 Å². The van der Waals surface area contributed by atoms with Crippen molar-refractivity contribution in [2.75, 3.05) is 19.6 Å². The molecular formula is C28H31ClN2O3. The SMILES string of the molecule is C=C(/C=C\C(O)=C/C)c1onc(C2=CCCC=C2Cl)c1-c1ccc(OC2CN(CCC)C2)cc1. The van der Waals surface area contributed by atoms with Gasteiger partial charge < -0.3 is 14.4 Å². The quantitative estimate of drug-likeness (QED) is 0.306. The highest BCUT2D eigenvalue weighted by atomic mass is 35.5. The molecule has 0 saturated carbocycles. The van der Waals surface area contributed by atoms with Crippen LogP contribution in [0, 0.1) is 0 Å². The van der Waals surface area contributed by atoms with Crippen LogP contribution in [0.5, 0.6) is 5.75 Å². The van der Waals surface area contributed by atoms with Crippen molar-refractivity contribution in [3.05, 3.63) is 83.5 Å². The maximum Gasteiger partial charge on any atom is 0.174 e. The molecule has 4 rings (SSSR count). The third-order valence-corrected chi connectivity index (χ3v) is 6.35. The van der Waals surface area contributed by atoms with E-state index in [9.17, 15) is 5.11 Å². The minimum Gasteiger partial charge on any atom is -0.508 e. The smallest absolute Gasteiger partial charge is 0.174 e. The molecule has 1 fully saturated rings. The second-order valence-electron chi connectivity index (χ2n) is 8.58. The van der Waals surface area contributed by atoms with E-state index in [4.69, 9.17) is 20.9 Å². The second kappa shape index (κ2) is 10.9. The summed E-state index contributed by atoms with van der Waals surface area (Å²) in [4.78, 5) is 2.40. The molecule has 34 heavy (non-hydrogen) atoms. The van der Waals surface area contributed by atoms with Crippen LogP contribution in [-0.4, -0.2) is 40.9 Å². The molecule has 0 unspecified atom stereocenters. The van der Waals surface area contributed by atoms with E-state index in [1.807, 2.05) is 30.3 Å². The van der Waals surface area contributed by atoms with Gasteiger partial charge in [-0.1, -0.05) is 54.5 Å². The van der Waals surface area contributed by atoms with E-state index in [0.29, 0.717) is 22.1 Å². The van der Waals surface area contributed by atoms with Gasteiger partial charge in [0.05, 0.1) is 5.56 Å². The molecule has 0 atom stereocenters. The number of halogens is 1. The Hall–Kier alpha value is -3.02. The van der Waals surface area contributed by atoms with Gasteiger partial charge in [-0.2, -0.15) is 0 Å². The fraction of sp³-hybridized carbons (Fsp3) is 0.321. The van der Waals surface area contributed by atoms with Crippen LogP contribution in [0.4, 0.5) is 0 Å². The van der Waals surface area contributed by atoms with Gasteiger partial charge in [0, 0.05) is 29.3 Å². The number of ether oxygens (including phenoxy) is 1. The number of aliphatic hydroxyl groups is 1. The average molecular weight is 479 g/mol. The topological polar surface area (TPSA) is 58.7 Å². The molecule has 6 heteroatoms. The third-order valence-electron chi connectivity index (χ3n) is 6.00. The standard InChI is InChI=1S/C28H31ClN2O3/c1-4-16-31-17-23(18-31)33-22-14-11-20(12-15-22)26-27(24-8-6-7-9-25(24)29)30-34-28(26)19(3)10-13-21(32)5-2/h5,8-15,23,32H,3-4,6-7,16-18H2,1-2H3/b13-10-,21-5+. The Kier molecular flexibility index (Phi) is 7.76. The zero-order valence-electron chi connectivity index (χ0n) is 19.8. The largest absolute Gasteiger partial charge is 0.508 e. The van der Waals surface area contributed by atoms with Crippen molar-refractivity contribution in [3.8, 4) is 16.9 Å². The van der Waals surface area contributed by atoms with Crippen LogP contribution in [0.15, 0.2) is 76.5 Å². The maximum atomic E-state index is 9.79. The first-order chi connectivity index (χ1) is 16.5. The monoisotopic (exact) mass is 478 g/mol. The molecule has 0 spiro atoms. The number of aromatic nitrogens is 1. The van der Waals surface area contributed by atoms with Crippen molar-refractivity contribution in [1.82, 2.24) is 10.1 Å². The van der Waals surface area contributed by atoms with Crippen molar-refractivity contribution < 1.29 is 14.4 Å². The molecule has 1 aliphatic carbocycles. The summed E-state index contributed by atoms with van der Waals surface area (Å²) in [5.74, 6) is 1.53. The number of nitrogens with zero attached hydrogens (tertiary/aromatic N) is 2. The number of allylic oxidation sites excluding steroid dienone is 8. The Morgan fingerprint density at radius 3 is 2.65 bits per heavy atom. The van der Waals surface area contributed by atoms with Crippen LogP contribution in [0.25, 0.3) is 22.3 Å². The van der Waals surface area contributed by atoms with Crippen LogP contribution in [0.3, 0.4) is 0 Å². The minimum absolute atomic E-state index is 0.151. The Morgan fingerprint density at radius 1 is 1.24 bits per heavy atom. The van der Waals surface area contributed by atoms with Gasteiger partial charge in [0.15, 0.2) is 5.76 Å². The zero-order chi connectivity index (χ0) is 24.1. The van der Waals surface area contributed by atoms with Crippen molar-refractivity contribution in [1.29, 1.82) is 0 Å². The lowest BCUT2D eigenvalue weighted by molar-refractivity contribution is 0.0203. The summed E-state index contributed by atoms with van der Waals surface area (Å²) in [7, 11) is 0. The molecule has 1 aromatic heterocycles. The Balaban J connectivity index is 1.63. The van der Waals surface area contributed by atoms with Crippen LogP contribution < -0.4 is 4.74 Å². The number of hydrogen-bond donors (Lipinski definition) is 1. The highest BCUT2D eigenvalue weighted by Gasteiger charge is 2.28. The molecule has 0 radical (unpaired) electrons. The van der Waals surface area contributed by atoms with Crippen LogP contribution >= 0.6 is 11.6 Å². The fourth-order valence-electron chi connectivity index (χ4n) is 4.16. The number of likely N-dealkylation sites (tertiary alicyclic amines) is 1. The molecule has 2 heterocycles. The van der Waals surface area contributed by atoms with Gasteiger partial charge in [-0.15, -0.1) is 0 Å². The molecule has 1 aliphatic heterocycles. The third kappa shape index (κ3) is 5.37. The zero-order valence-corrected chi connectivity index (χ0v) is 20.5. The lowest BCUT2D eigenvalue weighted by atomic mass is 9.94. The maximum absolute atomic E-state index is 9.79. The van der Waals surface area contributed by atoms with Gasteiger partial charge in [-0.3, -0.25) is 4.90 Å². The predicted octanol–water partition coefficient (Wildman–Crippen LogP) is 7.15. The molecule has 1 saturated heterocycles. The van der Waals surface area contributed by atoms with Gasteiger partial charge in [0.2, 0.25) is 0 Å². The highest BCUT2D eigenvalue weighted by Crippen LogP contribution is 2.40. The van der Waals surface area contributed by atoms with Crippen molar-refractivity contribution in [2.45, 2.75) is 39.2 Å². The first-order valence-electron chi connectivity index (χ1n) is 11.8. The van der Waals surface area contributed by atoms with Crippen molar-refractivity contribution in [3.63, 3.8) is 0 Å². The fourth-order valence-corrected chi connectivity index (χ4v) is 4.44. The van der Waals surface area contributed by atoms with Crippen LogP contribution in [0.1, 0.15) is 44.6 Å². The second-order valence-corrected chi connectivity index (χ2v) is 8.99. The predicted molar refractivity (Wildman–Crippen MR) is 139 cm³/mol. The number of hydrogen-bond acceptors (Lipinski definition) is 5. The normalized spacial score (nSPS) is 17.4. The first kappa shape index (κ1) is 24.1. The van der Waals surface area contributed by atoms with Crippen molar-refractivity contribution >= 4 is 22.7 Å². The lowest BCUT2D eigenvalue weighted by Gasteiger charge is -2.38. The molecule has 5 nitrogen and oxygen atoms in total. The van der Waals surface area contributed by atoms with E-state index in [0.717, 1.165) is 61.3 Å². The van der Waals surface area contributed by atoms with Gasteiger partial charge in [0.1, 0.15) is 23.3 Å². The van der Waals surface area contributed by atoms with Gasteiger partial charge in [-0.25, -0.2) is 0 Å². The Labute approximate surface area is 206 Å². The molecule has 178 valence electrons. The summed E-state index contributed by atoms with van der Waals surface area (Å²) < 4.78 is 11.9. The number of rotatable bonds is 9. The van der Waals surface area contributed by atoms with E-state index in [-0.39, 0.29) is 11.9 Å². The van der Waals surface area contributed by atoms with Crippen molar-refractivity contribution in [2.24, 2.45) is 0 Å². The summed E-state index contributed by atoms with van der Waals surface area (Å²) in [6.07, 6.45) is 12.2. The molecular weight excluding hydrogens is 448 g/mol. The first-order valence-corrected chi connectivity index (χ1v) is 12.2. The molecule has 0 amide bonds. The number of benzene rings is 1. The molecule has 2 aliphatic rings. The summed E-state index contributed by atoms with van der Waals surface area (Å²) in [6.45, 7) is 11.2. The van der Waals surface area contributed by atoms with E-state index >= 15 is 0 Å². The van der Waals surface area contributed by atoms with Crippen LogP contribution in [-0.2, 0) is 0 Å². The van der Waals surface area contributed by atoms with Gasteiger partial charge >= 0.3 is 0 Å². The molecule has 1 N–H and O–H groups in total. The van der Waals surface area contributed by atoms with E-state index in [1.54, 1.807) is 25.2 Å². The number of aliphatic hydroxyl groups excluding tert-OH is 1. The van der Waals surface area contributed by atoms with Gasteiger partial charge in [0.25, 0.3) is 0 Å². The minimum atomic E-state index is 0.151. The van der Waals surface area contributed by atoms with E-state index in [1.165, 1.54) is 0 Å². The molecule has 2 aromatic rings. The van der Waals surface area contributed by atoms with Gasteiger partial charge in [-0.05, 0) is 68.7 Å². The Morgan fingerprint density at radius 2 is 1.97 bits per heavy atom. The molecule has 0 bridgehead atoms. The summed E-state index contributed by atoms with van der Waals surface area (Å²) in [5, 5.41) is 14.8. The van der Waals surface area contributed by atoms with E-state index in [2.05, 4.69) is 29.6 Å². The summed E-state index contributed by atoms with van der Waals surface area (Å²) in [6, 6.07) is 7.99. The molecule has 1 aromatic carbocycles. The summed E-state index contributed by atoms with van der Waals surface area (Å²) >= 11 is 6.54. The Bertz CT molecular complexity index is 1150. The average Bonchev–Trinajstić information content (AvgIpc) is 3.26. The highest BCUT2D eigenvalue weighted by molar-refractivity contribution is 6.37. The summed E-state index contributed by atoms with van der Waals surface area (Å²) in [5.41, 5.74) is 3.89.